The molecular formula is C23H24ClF2N5O2. The number of amidine groups is 1. The fraction of sp³-hybridized carbons (Fsp3) is 0.174. The fourth-order valence-electron chi connectivity index (χ4n) is 3.12. The lowest BCUT2D eigenvalue weighted by Crippen LogP contribution is -2.31. The minimum atomic E-state index is -1.46. The number of benzene rings is 2. The van der Waals surface area contributed by atoms with E-state index < -0.39 is 29.2 Å². The standard InChI is InChI=1S/C23H23F2N5O2.ClH/c1-2-32-21(23(31)30-11-13-3-5-14(6-4-13)22(27)28)20-17(24)9-16(10-18(20)25)15-7-8-19(26)29-12-15;/h3-10,12,21H,2,11H2,1H3,(H2,26,29)(H3,27,28)(H,30,31);1H. The second-order valence-corrected chi connectivity index (χ2v) is 6.99. The molecule has 1 unspecified atom stereocenters. The van der Waals surface area contributed by atoms with Gasteiger partial charge in [0.25, 0.3) is 5.91 Å². The summed E-state index contributed by atoms with van der Waals surface area (Å²) in [5, 5.41) is 10.0. The van der Waals surface area contributed by atoms with Crippen LogP contribution >= 0.6 is 12.4 Å². The van der Waals surface area contributed by atoms with Crippen molar-refractivity contribution < 1.29 is 18.3 Å². The number of hydrogen-bond donors (Lipinski definition) is 4. The van der Waals surface area contributed by atoms with Gasteiger partial charge in [-0.2, -0.15) is 0 Å². The Balaban J connectivity index is 0.00000385. The third-order valence-corrected chi connectivity index (χ3v) is 4.76. The Kier molecular flexibility index (Phi) is 8.84. The molecule has 3 aromatic rings. The molecule has 1 aromatic heterocycles. The zero-order valence-electron chi connectivity index (χ0n) is 17.8. The highest BCUT2D eigenvalue weighted by molar-refractivity contribution is 5.94. The molecule has 7 nitrogen and oxygen atoms in total. The number of nitrogens with zero attached hydrogens (tertiary/aromatic N) is 1. The number of nitrogens with one attached hydrogen (secondary N) is 2. The van der Waals surface area contributed by atoms with Gasteiger partial charge in [0.1, 0.15) is 23.3 Å². The first kappa shape index (κ1) is 25.7. The summed E-state index contributed by atoms with van der Waals surface area (Å²) in [4.78, 5) is 16.7. The van der Waals surface area contributed by atoms with E-state index in [4.69, 9.17) is 21.6 Å². The summed E-state index contributed by atoms with van der Waals surface area (Å²) >= 11 is 0. The molecule has 0 aliphatic heterocycles. The number of hydrogen-bond acceptors (Lipinski definition) is 5. The number of rotatable bonds is 8. The van der Waals surface area contributed by atoms with Gasteiger partial charge in [0, 0.05) is 30.5 Å². The molecule has 0 spiro atoms. The lowest BCUT2D eigenvalue weighted by molar-refractivity contribution is -0.133. The van der Waals surface area contributed by atoms with E-state index in [-0.39, 0.29) is 42.8 Å². The Morgan fingerprint density at radius 3 is 2.27 bits per heavy atom. The van der Waals surface area contributed by atoms with Crippen molar-refractivity contribution >= 4 is 30.0 Å². The minimum Gasteiger partial charge on any atom is -0.384 e. The van der Waals surface area contributed by atoms with E-state index in [1.165, 1.54) is 12.3 Å². The number of halogens is 3. The maximum atomic E-state index is 14.9. The van der Waals surface area contributed by atoms with Crippen molar-refractivity contribution in [2.75, 3.05) is 12.3 Å². The largest absolute Gasteiger partial charge is 0.384 e. The van der Waals surface area contributed by atoms with Crippen LogP contribution in [0.2, 0.25) is 0 Å². The average molecular weight is 476 g/mol. The smallest absolute Gasteiger partial charge is 0.254 e. The molecule has 0 bridgehead atoms. The first-order valence-electron chi connectivity index (χ1n) is 9.83. The Morgan fingerprint density at radius 1 is 1.12 bits per heavy atom. The number of nitrogen functional groups attached to an aromatic ring is 2. The molecule has 1 atom stereocenters. The van der Waals surface area contributed by atoms with Crippen molar-refractivity contribution in [3.8, 4) is 11.1 Å². The number of aromatic nitrogens is 1. The van der Waals surface area contributed by atoms with Crippen molar-refractivity contribution in [1.82, 2.24) is 10.3 Å². The van der Waals surface area contributed by atoms with Crippen LogP contribution in [0.1, 0.15) is 29.7 Å². The molecule has 1 amide bonds. The summed E-state index contributed by atoms with van der Waals surface area (Å²) in [5.41, 5.74) is 12.5. The monoisotopic (exact) mass is 475 g/mol. The molecule has 6 N–H and O–H groups in total. The highest BCUT2D eigenvalue weighted by Gasteiger charge is 2.28. The van der Waals surface area contributed by atoms with E-state index in [1.54, 1.807) is 37.3 Å². The molecule has 0 fully saturated rings. The lowest BCUT2D eigenvalue weighted by Gasteiger charge is -2.19. The van der Waals surface area contributed by atoms with Crippen LogP contribution < -0.4 is 16.8 Å². The van der Waals surface area contributed by atoms with E-state index in [1.807, 2.05) is 0 Å². The molecule has 0 radical (unpaired) electrons. The zero-order chi connectivity index (χ0) is 23.3. The van der Waals surface area contributed by atoms with Gasteiger partial charge in [-0.05, 0) is 42.3 Å². The number of nitrogens with two attached hydrogens (primary N) is 2. The van der Waals surface area contributed by atoms with Gasteiger partial charge in [-0.25, -0.2) is 13.8 Å². The van der Waals surface area contributed by atoms with Gasteiger partial charge in [-0.3, -0.25) is 10.2 Å². The molecule has 2 aromatic carbocycles. The van der Waals surface area contributed by atoms with Gasteiger partial charge in [-0.15, -0.1) is 12.4 Å². The van der Waals surface area contributed by atoms with Crippen molar-refractivity contribution in [3.63, 3.8) is 0 Å². The van der Waals surface area contributed by atoms with Crippen LogP contribution in [0.25, 0.3) is 11.1 Å². The van der Waals surface area contributed by atoms with Gasteiger partial charge in [0.15, 0.2) is 6.10 Å². The van der Waals surface area contributed by atoms with Crippen molar-refractivity contribution in [2.45, 2.75) is 19.6 Å². The third-order valence-electron chi connectivity index (χ3n) is 4.76. The SMILES string of the molecule is CCOC(C(=O)NCc1ccc(C(=N)N)cc1)c1c(F)cc(-c2ccc(N)nc2)cc1F.Cl. The van der Waals surface area contributed by atoms with Crippen LogP contribution in [0, 0.1) is 17.0 Å². The molecule has 0 saturated carbocycles. The highest BCUT2D eigenvalue weighted by Crippen LogP contribution is 2.30. The average Bonchev–Trinajstić information content (AvgIpc) is 2.77. The predicted molar refractivity (Wildman–Crippen MR) is 125 cm³/mol. The van der Waals surface area contributed by atoms with Crippen LogP contribution in [0.15, 0.2) is 54.7 Å². The molecular weight excluding hydrogens is 452 g/mol. The van der Waals surface area contributed by atoms with Crippen LogP contribution in [0.3, 0.4) is 0 Å². The molecule has 1 heterocycles. The maximum Gasteiger partial charge on any atom is 0.254 e. The normalized spacial score (nSPS) is 11.4. The van der Waals surface area contributed by atoms with E-state index >= 15 is 0 Å². The van der Waals surface area contributed by atoms with Gasteiger partial charge < -0.3 is 21.5 Å². The van der Waals surface area contributed by atoms with E-state index in [0.29, 0.717) is 11.1 Å². The van der Waals surface area contributed by atoms with E-state index in [2.05, 4.69) is 10.3 Å². The fourth-order valence-corrected chi connectivity index (χ4v) is 3.12. The van der Waals surface area contributed by atoms with E-state index in [0.717, 1.165) is 17.7 Å². The molecule has 10 heteroatoms. The second kappa shape index (κ2) is 11.3. The summed E-state index contributed by atoms with van der Waals surface area (Å²) in [5.74, 6) is -2.27. The predicted octanol–water partition coefficient (Wildman–Crippen LogP) is 3.71. The number of pyridine rings is 1. The quantitative estimate of drug-likeness (QED) is 0.292. The summed E-state index contributed by atoms with van der Waals surface area (Å²) in [6, 6.07) is 12.1. The van der Waals surface area contributed by atoms with Crippen molar-refractivity contribution in [3.05, 3.63) is 83.1 Å². The first-order chi connectivity index (χ1) is 15.3. The highest BCUT2D eigenvalue weighted by atomic mass is 35.5. The van der Waals surface area contributed by atoms with Crippen LogP contribution in [-0.2, 0) is 16.1 Å². The summed E-state index contributed by atoms with van der Waals surface area (Å²) in [7, 11) is 0. The van der Waals surface area contributed by atoms with Crippen LogP contribution in [-0.4, -0.2) is 23.3 Å². The van der Waals surface area contributed by atoms with Gasteiger partial charge in [0.05, 0.1) is 5.56 Å². The summed E-state index contributed by atoms with van der Waals surface area (Å²) in [6.07, 6.45) is -0.0528. The molecule has 174 valence electrons. The number of ether oxygens (including phenoxy) is 1. The summed E-state index contributed by atoms with van der Waals surface area (Å²) < 4.78 is 35.2. The van der Waals surface area contributed by atoms with Crippen LogP contribution in [0.4, 0.5) is 14.6 Å². The number of carbonyl (C=O) groups excluding carboxylic acids is 1. The first-order valence-corrected chi connectivity index (χ1v) is 9.83. The van der Waals surface area contributed by atoms with E-state index in [9.17, 15) is 13.6 Å². The Morgan fingerprint density at radius 2 is 1.76 bits per heavy atom. The molecule has 3 rings (SSSR count). The minimum absolute atomic E-state index is 0. The molecule has 0 aliphatic carbocycles. The van der Waals surface area contributed by atoms with Gasteiger partial charge in [-0.1, -0.05) is 24.3 Å². The summed E-state index contributed by atoms with van der Waals surface area (Å²) in [6.45, 7) is 1.82. The lowest BCUT2D eigenvalue weighted by atomic mass is 10.0. The maximum absolute atomic E-state index is 14.9. The van der Waals surface area contributed by atoms with Crippen molar-refractivity contribution in [1.29, 1.82) is 5.41 Å². The van der Waals surface area contributed by atoms with Gasteiger partial charge >= 0.3 is 0 Å². The van der Waals surface area contributed by atoms with Crippen molar-refractivity contribution in [2.24, 2.45) is 5.73 Å². The topological polar surface area (TPSA) is 127 Å². The van der Waals surface area contributed by atoms with Gasteiger partial charge in [0.2, 0.25) is 0 Å². The van der Waals surface area contributed by atoms with Crippen LogP contribution in [0.5, 0.6) is 0 Å². The number of anilines is 1. The molecule has 0 saturated heterocycles. The number of amides is 1. The Hall–Kier alpha value is -3.56. The third kappa shape index (κ3) is 6.24. The Labute approximate surface area is 196 Å². The Bertz CT molecular complexity index is 1100. The molecule has 33 heavy (non-hydrogen) atoms. The zero-order valence-corrected chi connectivity index (χ0v) is 18.6. The number of carbonyl (C=O) groups is 1. The second-order valence-electron chi connectivity index (χ2n) is 6.99. The molecule has 0 aliphatic rings.